The number of carbonyl (C=O) groups excluding carboxylic acids is 2. The van der Waals surface area contributed by atoms with Crippen molar-refractivity contribution in [2.24, 2.45) is 5.92 Å². The maximum absolute atomic E-state index is 11.7. The van der Waals surface area contributed by atoms with Gasteiger partial charge < -0.3 is 9.47 Å². The SMILES string of the molecule is C=C[C@H](c1ccccn1)C(C(=O)OC)C(=O)OC. The minimum Gasteiger partial charge on any atom is -0.468 e. The summed E-state index contributed by atoms with van der Waals surface area (Å²) in [6.07, 6.45) is 3.07. The van der Waals surface area contributed by atoms with E-state index in [0.717, 1.165) is 0 Å². The second kappa shape index (κ2) is 6.54. The third kappa shape index (κ3) is 2.94. The summed E-state index contributed by atoms with van der Waals surface area (Å²) in [5.41, 5.74) is 0.563. The van der Waals surface area contributed by atoms with Crippen molar-refractivity contribution >= 4 is 11.9 Å². The van der Waals surface area contributed by atoms with E-state index in [2.05, 4.69) is 21.0 Å². The normalized spacial score (nSPS) is 11.7. The summed E-state index contributed by atoms with van der Waals surface area (Å²) < 4.78 is 9.25. The van der Waals surface area contributed by atoms with Crippen LogP contribution in [0.15, 0.2) is 37.1 Å². The summed E-state index contributed by atoms with van der Waals surface area (Å²) >= 11 is 0. The molecule has 96 valence electrons. The largest absolute Gasteiger partial charge is 0.468 e. The van der Waals surface area contributed by atoms with Crippen LogP contribution in [-0.4, -0.2) is 31.1 Å². The molecule has 5 nitrogen and oxygen atoms in total. The lowest BCUT2D eigenvalue weighted by Crippen LogP contribution is -2.31. The van der Waals surface area contributed by atoms with Gasteiger partial charge in [-0.3, -0.25) is 14.6 Å². The van der Waals surface area contributed by atoms with Gasteiger partial charge >= 0.3 is 11.9 Å². The molecular formula is C13H15NO4. The smallest absolute Gasteiger partial charge is 0.321 e. The molecule has 0 saturated heterocycles. The van der Waals surface area contributed by atoms with Crippen molar-refractivity contribution in [3.8, 4) is 0 Å². The Hall–Kier alpha value is -2.17. The maximum atomic E-state index is 11.7. The number of esters is 2. The summed E-state index contributed by atoms with van der Waals surface area (Å²) in [6, 6.07) is 5.23. The summed E-state index contributed by atoms with van der Waals surface area (Å²) in [4.78, 5) is 27.5. The minimum atomic E-state index is -1.09. The second-order valence-corrected chi connectivity index (χ2v) is 3.54. The quantitative estimate of drug-likeness (QED) is 0.447. The highest BCUT2D eigenvalue weighted by Crippen LogP contribution is 2.26. The summed E-state index contributed by atoms with van der Waals surface area (Å²) in [7, 11) is 2.44. The number of ether oxygens (including phenoxy) is 2. The predicted octanol–water partition coefficient (Wildman–Crippen LogP) is 1.31. The number of aromatic nitrogens is 1. The molecule has 1 aromatic heterocycles. The number of hydrogen-bond donors (Lipinski definition) is 0. The molecule has 0 spiro atoms. The Morgan fingerprint density at radius 3 is 2.28 bits per heavy atom. The molecule has 0 saturated carbocycles. The van der Waals surface area contributed by atoms with E-state index in [9.17, 15) is 9.59 Å². The molecule has 0 radical (unpaired) electrons. The van der Waals surface area contributed by atoms with Gasteiger partial charge in [0.2, 0.25) is 0 Å². The van der Waals surface area contributed by atoms with Gasteiger partial charge in [0.05, 0.1) is 14.2 Å². The third-order valence-corrected chi connectivity index (χ3v) is 2.55. The number of methoxy groups -OCH3 is 2. The lowest BCUT2D eigenvalue weighted by Gasteiger charge is -2.19. The average molecular weight is 249 g/mol. The van der Waals surface area contributed by atoms with Gasteiger partial charge in [0.1, 0.15) is 0 Å². The van der Waals surface area contributed by atoms with E-state index in [-0.39, 0.29) is 0 Å². The van der Waals surface area contributed by atoms with Crippen LogP contribution in [0.25, 0.3) is 0 Å². The summed E-state index contributed by atoms with van der Waals surface area (Å²) in [6.45, 7) is 3.64. The lowest BCUT2D eigenvalue weighted by atomic mass is 9.89. The van der Waals surface area contributed by atoms with Gasteiger partial charge in [-0.2, -0.15) is 0 Å². The zero-order valence-electron chi connectivity index (χ0n) is 10.3. The molecule has 0 N–H and O–H groups in total. The molecule has 0 bridgehead atoms. The number of carbonyl (C=O) groups is 2. The lowest BCUT2D eigenvalue weighted by molar-refractivity contribution is -0.159. The van der Waals surface area contributed by atoms with E-state index in [0.29, 0.717) is 5.69 Å². The fourth-order valence-electron chi connectivity index (χ4n) is 1.64. The van der Waals surface area contributed by atoms with E-state index < -0.39 is 23.8 Å². The van der Waals surface area contributed by atoms with Crippen LogP contribution in [0.2, 0.25) is 0 Å². The van der Waals surface area contributed by atoms with Gasteiger partial charge in [-0.15, -0.1) is 6.58 Å². The van der Waals surface area contributed by atoms with Gasteiger partial charge in [-0.25, -0.2) is 0 Å². The van der Waals surface area contributed by atoms with Gasteiger partial charge in [0.25, 0.3) is 0 Å². The predicted molar refractivity (Wildman–Crippen MR) is 64.7 cm³/mol. The zero-order chi connectivity index (χ0) is 13.5. The first-order valence-corrected chi connectivity index (χ1v) is 5.34. The van der Waals surface area contributed by atoms with Crippen LogP contribution in [0.4, 0.5) is 0 Å². The van der Waals surface area contributed by atoms with Crippen LogP contribution < -0.4 is 0 Å². The molecule has 1 aromatic rings. The maximum Gasteiger partial charge on any atom is 0.321 e. The van der Waals surface area contributed by atoms with Crippen LogP contribution >= 0.6 is 0 Å². The highest BCUT2D eigenvalue weighted by atomic mass is 16.5. The van der Waals surface area contributed by atoms with Crippen molar-refractivity contribution in [3.05, 3.63) is 42.7 Å². The van der Waals surface area contributed by atoms with Crippen LogP contribution in [0, 0.1) is 5.92 Å². The molecule has 0 aliphatic heterocycles. The summed E-state index contributed by atoms with van der Waals surface area (Å²) in [5, 5.41) is 0. The van der Waals surface area contributed by atoms with Crippen molar-refractivity contribution in [1.82, 2.24) is 4.98 Å². The molecule has 0 fully saturated rings. The van der Waals surface area contributed by atoms with Crippen molar-refractivity contribution in [3.63, 3.8) is 0 Å². The van der Waals surface area contributed by atoms with E-state index in [1.165, 1.54) is 20.3 Å². The van der Waals surface area contributed by atoms with Crippen LogP contribution in [-0.2, 0) is 19.1 Å². The monoisotopic (exact) mass is 249 g/mol. The first-order chi connectivity index (χ1) is 8.65. The van der Waals surface area contributed by atoms with Crippen molar-refractivity contribution < 1.29 is 19.1 Å². The number of rotatable bonds is 5. The molecule has 0 amide bonds. The molecule has 18 heavy (non-hydrogen) atoms. The van der Waals surface area contributed by atoms with Crippen molar-refractivity contribution in [2.75, 3.05) is 14.2 Å². The minimum absolute atomic E-state index is 0.563. The standard InChI is InChI=1S/C13H15NO4/c1-4-9(10-7-5-6-8-14-10)11(12(15)17-2)13(16)18-3/h4-9,11H,1H2,2-3H3/t9-/m1/s1. The Morgan fingerprint density at radius 2 is 1.89 bits per heavy atom. The number of nitrogens with zero attached hydrogens (tertiary/aromatic N) is 1. The van der Waals surface area contributed by atoms with Gasteiger partial charge in [0.15, 0.2) is 5.92 Å². The third-order valence-electron chi connectivity index (χ3n) is 2.55. The molecule has 0 aromatic carbocycles. The van der Waals surface area contributed by atoms with Gasteiger partial charge in [-0.05, 0) is 12.1 Å². The fourth-order valence-corrected chi connectivity index (χ4v) is 1.64. The molecule has 0 aliphatic carbocycles. The second-order valence-electron chi connectivity index (χ2n) is 3.54. The van der Waals surface area contributed by atoms with E-state index in [1.54, 1.807) is 24.4 Å². The molecule has 1 heterocycles. The van der Waals surface area contributed by atoms with E-state index in [4.69, 9.17) is 0 Å². The Balaban J connectivity index is 3.13. The van der Waals surface area contributed by atoms with Crippen LogP contribution in [0.3, 0.4) is 0 Å². The Bertz CT molecular complexity index is 414. The Morgan fingerprint density at radius 1 is 1.28 bits per heavy atom. The summed E-state index contributed by atoms with van der Waals surface area (Å²) in [5.74, 6) is -3.01. The van der Waals surface area contributed by atoms with Crippen molar-refractivity contribution in [2.45, 2.75) is 5.92 Å². The molecule has 0 unspecified atom stereocenters. The number of allylic oxidation sites excluding steroid dienone is 1. The number of hydrogen-bond acceptors (Lipinski definition) is 5. The first kappa shape index (κ1) is 13.9. The van der Waals surface area contributed by atoms with E-state index in [1.807, 2.05) is 0 Å². The first-order valence-electron chi connectivity index (χ1n) is 5.34. The number of pyridine rings is 1. The van der Waals surface area contributed by atoms with Gasteiger partial charge in [-0.1, -0.05) is 12.1 Å². The van der Waals surface area contributed by atoms with Crippen LogP contribution in [0.1, 0.15) is 11.6 Å². The molecule has 5 heteroatoms. The average Bonchev–Trinajstić information content (AvgIpc) is 2.44. The Labute approximate surface area is 105 Å². The van der Waals surface area contributed by atoms with Crippen molar-refractivity contribution in [1.29, 1.82) is 0 Å². The molecule has 1 atom stereocenters. The fraction of sp³-hybridized carbons (Fsp3) is 0.308. The van der Waals surface area contributed by atoms with E-state index >= 15 is 0 Å². The van der Waals surface area contributed by atoms with Gasteiger partial charge in [0, 0.05) is 17.8 Å². The highest BCUT2D eigenvalue weighted by Gasteiger charge is 2.36. The molecular weight excluding hydrogens is 234 g/mol. The molecule has 1 rings (SSSR count). The highest BCUT2D eigenvalue weighted by molar-refractivity contribution is 5.96. The topological polar surface area (TPSA) is 65.5 Å². The Kier molecular flexibility index (Phi) is 5.05. The zero-order valence-corrected chi connectivity index (χ0v) is 10.3. The molecule has 0 aliphatic rings. The van der Waals surface area contributed by atoms with Crippen LogP contribution in [0.5, 0.6) is 0 Å².